The van der Waals surface area contributed by atoms with E-state index < -0.39 is 0 Å². The Morgan fingerprint density at radius 2 is 1.67 bits per heavy atom. The number of rotatable bonds is 7. The van der Waals surface area contributed by atoms with Gasteiger partial charge >= 0.3 is 0 Å². The third-order valence-electron chi connectivity index (χ3n) is 3.45. The SMILES string of the molecule is CC(C)(C)NCCCCCOc1cccc(C(C)(C)C)c1. The summed E-state index contributed by atoms with van der Waals surface area (Å²) in [6.45, 7) is 15.2. The zero-order chi connectivity index (χ0) is 15.9. The van der Waals surface area contributed by atoms with Gasteiger partial charge in [-0.25, -0.2) is 0 Å². The van der Waals surface area contributed by atoms with E-state index in [1.54, 1.807) is 0 Å². The summed E-state index contributed by atoms with van der Waals surface area (Å²) in [7, 11) is 0. The fourth-order valence-electron chi connectivity index (χ4n) is 2.11. The van der Waals surface area contributed by atoms with Gasteiger partial charge in [-0.15, -0.1) is 0 Å². The summed E-state index contributed by atoms with van der Waals surface area (Å²) in [5.41, 5.74) is 1.73. The van der Waals surface area contributed by atoms with Crippen LogP contribution in [0.2, 0.25) is 0 Å². The topological polar surface area (TPSA) is 21.3 Å². The van der Waals surface area contributed by atoms with Crippen LogP contribution in [0.4, 0.5) is 0 Å². The zero-order valence-corrected chi connectivity index (χ0v) is 14.8. The Morgan fingerprint density at radius 3 is 2.29 bits per heavy atom. The highest BCUT2D eigenvalue weighted by Crippen LogP contribution is 2.25. The Bertz CT molecular complexity index is 412. The van der Waals surface area contributed by atoms with Crippen molar-refractivity contribution in [2.45, 2.75) is 71.8 Å². The zero-order valence-electron chi connectivity index (χ0n) is 14.8. The smallest absolute Gasteiger partial charge is 0.119 e. The number of hydrogen-bond donors (Lipinski definition) is 1. The molecule has 1 rings (SSSR count). The molecule has 1 aromatic rings. The van der Waals surface area contributed by atoms with Crippen LogP contribution in [-0.2, 0) is 5.41 Å². The molecule has 0 saturated heterocycles. The highest BCUT2D eigenvalue weighted by Gasteiger charge is 2.13. The maximum Gasteiger partial charge on any atom is 0.119 e. The Morgan fingerprint density at radius 1 is 0.952 bits per heavy atom. The minimum absolute atomic E-state index is 0.179. The first-order valence-electron chi connectivity index (χ1n) is 8.17. The third-order valence-corrected chi connectivity index (χ3v) is 3.45. The molecule has 0 aliphatic rings. The van der Waals surface area contributed by atoms with Crippen molar-refractivity contribution in [3.63, 3.8) is 0 Å². The molecule has 0 saturated carbocycles. The van der Waals surface area contributed by atoms with Crippen molar-refractivity contribution in [2.75, 3.05) is 13.2 Å². The van der Waals surface area contributed by atoms with Gasteiger partial charge in [-0.1, -0.05) is 32.9 Å². The maximum atomic E-state index is 5.87. The molecule has 0 amide bonds. The van der Waals surface area contributed by atoms with Crippen LogP contribution in [0.25, 0.3) is 0 Å². The van der Waals surface area contributed by atoms with E-state index in [0.29, 0.717) is 0 Å². The normalized spacial score (nSPS) is 12.5. The Kier molecular flexibility index (Phi) is 6.73. The molecule has 0 unspecified atom stereocenters. The Balaban J connectivity index is 2.22. The lowest BCUT2D eigenvalue weighted by atomic mass is 9.87. The van der Waals surface area contributed by atoms with Crippen molar-refractivity contribution in [3.8, 4) is 5.75 Å². The van der Waals surface area contributed by atoms with Gasteiger partial charge in [0.15, 0.2) is 0 Å². The first-order chi connectivity index (χ1) is 9.68. The highest BCUT2D eigenvalue weighted by atomic mass is 16.5. The van der Waals surface area contributed by atoms with Crippen LogP contribution in [0.5, 0.6) is 5.75 Å². The Labute approximate surface area is 131 Å². The highest BCUT2D eigenvalue weighted by molar-refractivity contribution is 5.32. The molecule has 0 aromatic heterocycles. The third kappa shape index (κ3) is 8.11. The average Bonchev–Trinajstić information content (AvgIpc) is 2.35. The van der Waals surface area contributed by atoms with Crippen molar-refractivity contribution >= 4 is 0 Å². The van der Waals surface area contributed by atoms with E-state index in [0.717, 1.165) is 25.3 Å². The van der Waals surface area contributed by atoms with Crippen LogP contribution in [0.1, 0.15) is 66.4 Å². The van der Waals surface area contributed by atoms with E-state index in [1.165, 1.54) is 18.4 Å². The lowest BCUT2D eigenvalue weighted by Crippen LogP contribution is -2.36. The second kappa shape index (κ2) is 7.84. The first kappa shape index (κ1) is 18.0. The van der Waals surface area contributed by atoms with E-state index in [9.17, 15) is 0 Å². The molecule has 0 heterocycles. The van der Waals surface area contributed by atoms with E-state index in [1.807, 2.05) is 0 Å². The van der Waals surface area contributed by atoms with Crippen molar-refractivity contribution in [1.82, 2.24) is 5.32 Å². The first-order valence-corrected chi connectivity index (χ1v) is 8.17. The van der Waals surface area contributed by atoms with Crippen molar-refractivity contribution in [2.24, 2.45) is 0 Å². The monoisotopic (exact) mass is 291 g/mol. The molecular formula is C19H33NO. The summed E-state index contributed by atoms with van der Waals surface area (Å²) < 4.78 is 5.87. The molecule has 21 heavy (non-hydrogen) atoms. The summed E-state index contributed by atoms with van der Waals surface area (Å²) in [4.78, 5) is 0. The van der Waals surface area contributed by atoms with Gasteiger partial charge in [0.05, 0.1) is 6.61 Å². The summed E-state index contributed by atoms with van der Waals surface area (Å²) >= 11 is 0. The van der Waals surface area contributed by atoms with Crippen molar-refractivity contribution in [3.05, 3.63) is 29.8 Å². The van der Waals surface area contributed by atoms with E-state index in [4.69, 9.17) is 4.74 Å². The average molecular weight is 291 g/mol. The van der Waals surface area contributed by atoms with Crippen LogP contribution < -0.4 is 10.1 Å². The molecule has 0 aliphatic heterocycles. The summed E-state index contributed by atoms with van der Waals surface area (Å²) in [6.07, 6.45) is 3.54. The van der Waals surface area contributed by atoms with E-state index in [-0.39, 0.29) is 11.0 Å². The van der Waals surface area contributed by atoms with Gasteiger partial charge in [0.1, 0.15) is 5.75 Å². The standard InChI is InChI=1S/C19H33NO/c1-18(2,3)16-11-10-12-17(15-16)21-14-9-7-8-13-20-19(4,5)6/h10-12,15,20H,7-9,13-14H2,1-6H3. The number of ether oxygens (including phenoxy) is 1. The van der Waals surface area contributed by atoms with Gasteiger partial charge < -0.3 is 10.1 Å². The molecule has 0 aliphatic carbocycles. The summed E-state index contributed by atoms with van der Waals surface area (Å²) in [6, 6.07) is 8.48. The minimum Gasteiger partial charge on any atom is -0.494 e. The van der Waals surface area contributed by atoms with Crippen LogP contribution in [-0.4, -0.2) is 18.7 Å². The molecule has 2 nitrogen and oxygen atoms in total. The predicted molar refractivity (Wildman–Crippen MR) is 92.2 cm³/mol. The molecular weight excluding hydrogens is 258 g/mol. The molecule has 0 fully saturated rings. The Hall–Kier alpha value is -1.02. The van der Waals surface area contributed by atoms with Crippen molar-refractivity contribution < 1.29 is 4.74 Å². The second-order valence-corrected chi connectivity index (χ2v) is 7.86. The molecule has 120 valence electrons. The number of benzene rings is 1. The van der Waals surface area contributed by atoms with Crippen LogP contribution in [0.3, 0.4) is 0 Å². The van der Waals surface area contributed by atoms with Crippen LogP contribution in [0.15, 0.2) is 24.3 Å². The quantitative estimate of drug-likeness (QED) is 0.720. The van der Waals surface area contributed by atoms with E-state index >= 15 is 0 Å². The van der Waals surface area contributed by atoms with Crippen molar-refractivity contribution in [1.29, 1.82) is 0 Å². The number of nitrogens with one attached hydrogen (secondary N) is 1. The van der Waals surface area contributed by atoms with Gasteiger partial charge in [-0.2, -0.15) is 0 Å². The molecule has 1 N–H and O–H groups in total. The molecule has 0 spiro atoms. The molecule has 2 heteroatoms. The lowest BCUT2D eigenvalue weighted by molar-refractivity contribution is 0.302. The maximum absolute atomic E-state index is 5.87. The van der Waals surface area contributed by atoms with Gasteiger partial charge in [-0.05, 0) is 69.7 Å². The van der Waals surface area contributed by atoms with Crippen LogP contribution in [0, 0.1) is 0 Å². The largest absolute Gasteiger partial charge is 0.494 e. The lowest BCUT2D eigenvalue weighted by Gasteiger charge is -2.20. The van der Waals surface area contributed by atoms with Gasteiger partial charge in [-0.3, -0.25) is 0 Å². The molecule has 0 bridgehead atoms. The summed E-state index contributed by atoms with van der Waals surface area (Å²) in [5.74, 6) is 0.996. The number of hydrogen-bond acceptors (Lipinski definition) is 2. The van der Waals surface area contributed by atoms with Crippen LogP contribution >= 0.6 is 0 Å². The fourth-order valence-corrected chi connectivity index (χ4v) is 2.11. The molecule has 1 aromatic carbocycles. The van der Waals surface area contributed by atoms with Gasteiger partial charge in [0.25, 0.3) is 0 Å². The number of unbranched alkanes of at least 4 members (excludes halogenated alkanes) is 2. The molecule has 0 atom stereocenters. The second-order valence-electron chi connectivity index (χ2n) is 7.86. The molecule has 0 radical (unpaired) electrons. The summed E-state index contributed by atoms with van der Waals surface area (Å²) in [5, 5.41) is 3.51. The van der Waals surface area contributed by atoms with Gasteiger partial charge in [0, 0.05) is 5.54 Å². The minimum atomic E-state index is 0.179. The fraction of sp³-hybridized carbons (Fsp3) is 0.684. The van der Waals surface area contributed by atoms with Gasteiger partial charge in [0.2, 0.25) is 0 Å². The predicted octanol–water partition coefficient (Wildman–Crippen LogP) is 4.92. The van der Waals surface area contributed by atoms with E-state index in [2.05, 4.69) is 71.1 Å².